The third-order valence-electron chi connectivity index (χ3n) is 3.25. The number of hydrogen-bond donors (Lipinski definition) is 0. The van der Waals surface area contributed by atoms with E-state index >= 15 is 0 Å². The normalized spacial score (nSPS) is 10.8. The predicted octanol–water partition coefficient (Wildman–Crippen LogP) is 5.25. The molecule has 0 aliphatic heterocycles. The number of allylic oxidation sites excluding steroid dienone is 1. The first kappa shape index (κ1) is 14.3. The first-order valence-electron chi connectivity index (χ1n) is 7.08. The molecule has 0 aromatic heterocycles. The van der Waals surface area contributed by atoms with Crippen molar-refractivity contribution < 1.29 is 0 Å². The lowest BCUT2D eigenvalue weighted by molar-refractivity contribution is 0.844. The van der Waals surface area contributed by atoms with Crippen LogP contribution in [0.4, 0.5) is 5.69 Å². The molecule has 0 fully saturated rings. The Bertz CT molecular complexity index is 562. The zero-order valence-corrected chi connectivity index (χ0v) is 12.0. The fourth-order valence-corrected chi connectivity index (χ4v) is 2.00. The number of hydrogen-bond acceptors (Lipinski definition) is 1. The molecule has 0 spiro atoms. The number of benzene rings is 2. The van der Waals surface area contributed by atoms with Gasteiger partial charge in [-0.2, -0.15) is 0 Å². The fraction of sp³-hybridized carbons (Fsp3) is 0.211. The van der Waals surface area contributed by atoms with E-state index < -0.39 is 0 Å². The van der Waals surface area contributed by atoms with E-state index in [4.69, 9.17) is 0 Å². The van der Waals surface area contributed by atoms with Crippen molar-refractivity contribution >= 4 is 11.9 Å². The summed E-state index contributed by atoms with van der Waals surface area (Å²) < 4.78 is 0. The molecular formula is C19H21N. The average Bonchev–Trinajstić information content (AvgIpc) is 2.48. The molecule has 0 saturated carbocycles. The first-order chi connectivity index (χ1) is 9.78. The van der Waals surface area contributed by atoms with E-state index in [9.17, 15) is 0 Å². The molecule has 0 amide bonds. The summed E-state index contributed by atoms with van der Waals surface area (Å²) in [6.45, 7) is 5.83. The molecule has 102 valence electrons. The smallest absolute Gasteiger partial charge is 0.0630 e. The van der Waals surface area contributed by atoms with Gasteiger partial charge in [0.1, 0.15) is 0 Å². The summed E-state index contributed by atoms with van der Waals surface area (Å²) in [4.78, 5) is 4.48. The topological polar surface area (TPSA) is 12.4 Å². The van der Waals surface area contributed by atoms with Gasteiger partial charge in [-0.05, 0) is 49.4 Å². The van der Waals surface area contributed by atoms with E-state index in [0.29, 0.717) is 0 Å². The monoisotopic (exact) mass is 263 g/mol. The van der Waals surface area contributed by atoms with Crippen LogP contribution in [0, 0.1) is 6.92 Å². The van der Waals surface area contributed by atoms with Crippen LogP contribution < -0.4 is 0 Å². The van der Waals surface area contributed by atoms with Crippen molar-refractivity contribution in [1.82, 2.24) is 0 Å². The highest BCUT2D eigenvalue weighted by molar-refractivity contribution is 5.81. The van der Waals surface area contributed by atoms with Crippen LogP contribution in [0.3, 0.4) is 0 Å². The van der Waals surface area contributed by atoms with Gasteiger partial charge in [0.25, 0.3) is 0 Å². The minimum Gasteiger partial charge on any atom is -0.256 e. The highest BCUT2D eigenvalue weighted by Crippen LogP contribution is 2.13. The number of rotatable bonds is 6. The zero-order chi connectivity index (χ0) is 14.2. The third-order valence-corrected chi connectivity index (χ3v) is 3.25. The van der Waals surface area contributed by atoms with Crippen LogP contribution in [-0.4, -0.2) is 6.21 Å². The molecule has 1 heteroatoms. The van der Waals surface area contributed by atoms with Crippen molar-refractivity contribution in [1.29, 1.82) is 0 Å². The maximum absolute atomic E-state index is 4.48. The molecule has 2 rings (SSSR count). The van der Waals surface area contributed by atoms with Crippen LogP contribution in [0.1, 0.15) is 29.5 Å². The molecule has 0 atom stereocenters. The molecule has 0 N–H and O–H groups in total. The van der Waals surface area contributed by atoms with Crippen LogP contribution >= 0.6 is 0 Å². The second-order valence-corrected chi connectivity index (χ2v) is 5.02. The molecule has 0 heterocycles. The Morgan fingerprint density at radius 3 is 2.35 bits per heavy atom. The molecule has 0 bridgehead atoms. The van der Waals surface area contributed by atoms with E-state index in [1.165, 1.54) is 17.5 Å². The summed E-state index contributed by atoms with van der Waals surface area (Å²) in [7, 11) is 0. The molecule has 1 nitrogen and oxygen atoms in total. The van der Waals surface area contributed by atoms with Crippen molar-refractivity contribution in [2.75, 3.05) is 0 Å². The van der Waals surface area contributed by atoms with Crippen LogP contribution in [0.5, 0.6) is 0 Å². The lowest BCUT2D eigenvalue weighted by atomic mass is 10.1. The molecule has 0 saturated heterocycles. The van der Waals surface area contributed by atoms with E-state index in [1.54, 1.807) is 0 Å². The molecule has 2 aromatic carbocycles. The lowest BCUT2D eigenvalue weighted by Gasteiger charge is -2.00. The summed E-state index contributed by atoms with van der Waals surface area (Å²) >= 11 is 0. The first-order valence-corrected chi connectivity index (χ1v) is 7.08. The van der Waals surface area contributed by atoms with Gasteiger partial charge in [0.2, 0.25) is 0 Å². The average molecular weight is 263 g/mol. The Morgan fingerprint density at radius 2 is 1.70 bits per heavy atom. The minimum atomic E-state index is 0.991. The quantitative estimate of drug-likeness (QED) is 0.383. The summed E-state index contributed by atoms with van der Waals surface area (Å²) in [5.41, 5.74) is 4.76. The van der Waals surface area contributed by atoms with Gasteiger partial charge in [-0.3, -0.25) is 4.99 Å². The molecule has 2 aromatic rings. The molecule has 0 aliphatic carbocycles. The van der Waals surface area contributed by atoms with Crippen LogP contribution in [0.25, 0.3) is 0 Å². The number of aliphatic imine (C=N–C) groups is 1. The minimum absolute atomic E-state index is 0.991. The van der Waals surface area contributed by atoms with E-state index in [1.807, 2.05) is 24.4 Å². The zero-order valence-electron chi connectivity index (χ0n) is 12.0. The van der Waals surface area contributed by atoms with Gasteiger partial charge in [-0.1, -0.05) is 48.0 Å². The van der Waals surface area contributed by atoms with Gasteiger partial charge in [-0.15, -0.1) is 6.58 Å². The highest BCUT2D eigenvalue weighted by atomic mass is 14.7. The van der Waals surface area contributed by atoms with Gasteiger partial charge >= 0.3 is 0 Å². The Hall–Kier alpha value is -2.15. The van der Waals surface area contributed by atoms with Crippen LogP contribution in [-0.2, 0) is 6.42 Å². The fourth-order valence-electron chi connectivity index (χ4n) is 2.00. The largest absolute Gasteiger partial charge is 0.256 e. The lowest BCUT2D eigenvalue weighted by Crippen LogP contribution is -1.86. The SMILES string of the molecule is C=CCCCc1ccc(C=Nc2ccc(C)cc2)cc1. The molecule has 0 radical (unpaired) electrons. The van der Waals surface area contributed by atoms with Gasteiger partial charge in [0, 0.05) is 6.21 Å². The van der Waals surface area contributed by atoms with Crippen molar-refractivity contribution in [2.45, 2.75) is 26.2 Å². The summed E-state index contributed by atoms with van der Waals surface area (Å²) in [6, 6.07) is 16.8. The second kappa shape index (κ2) is 7.44. The predicted molar refractivity (Wildman–Crippen MR) is 88.0 cm³/mol. The Balaban J connectivity index is 1.96. The van der Waals surface area contributed by atoms with Crippen LogP contribution in [0.2, 0.25) is 0 Å². The molecule has 0 aliphatic rings. The van der Waals surface area contributed by atoms with E-state index in [2.05, 4.69) is 54.9 Å². The molecule has 0 unspecified atom stereocenters. The van der Waals surface area contributed by atoms with Crippen molar-refractivity contribution in [2.24, 2.45) is 4.99 Å². The number of nitrogens with zero attached hydrogens (tertiary/aromatic N) is 1. The second-order valence-electron chi connectivity index (χ2n) is 5.02. The summed E-state index contributed by atoms with van der Waals surface area (Å²) in [6.07, 6.45) is 7.25. The number of unbranched alkanes of at least 4 members (excludes halogenated alkanes) is 1. The van der Waals surface area contributed by atoms with E-state index in [0.717, 1.165) is 24.1 Å². The Labute approximate surface area is 121 Å². The van der Waals surface area contributed by atoms with Crippen molar-refractivity contribution in [3.63, 3.8) is 0 Å². The van der Waals surface area contributed by atoms with Crippen LogP contribution in [0.15, 0.2) is 66.2 Å². The molecular weight excluding hydrogens is 242 g/mol. The van der Waals surface area contributed by atoms with Crippen molar-refractivity contribution in [3.8, 4) is 0 Å². The van der Waals surface area contributed by atoms with Gasteiger partial charge < -0.3 is 0 Å². The van der Waals surface area contributed by atoms with Gasteiger partial charge in [0.15, 0.2) is 0 Å². The standard InChI is InChI=1S/C19H21N/c1-3-4-5-6-17-9-11-18(12-10-17)15-20-19-13-7-16(2)8-14-19/h3,7-15H,1,4-6H2,2H3. The number of aryl methyl sites for hydroxylation is 2. The Kier molecular flexibility index (Phi) is 5.31. The molecule has 20 heavy (non-hydrogen) atoms. The van der Waals surface area contributed by atoms with Gasteiger partial charge in [0.05, 0.1) is 5.69 Å². The highest BCUT2D eigenvalue weighted by Gasteiger charge is 1.93. The van der Waals surface area contributed by atoms with Crippen molar-refractivity contribution in [3.05, 3.63) is 77.9 Å². The maximum Gasteiger partial charge on any atom is 0.0630 e. The van der Waals surface area contributed by atoms with Gasteiger partial charge in [-0.25, -0.2) is 0 Å². The maximum atomic E-state index is 4.48. The summed E-state index contributed by atoms with van der Waals surface area (Å²) in [5.74, 6) is 0. The summed E-state index contributed by atoms with van der Waals surface area (Å²) in [5, 5.41) is 0. The Morgan fingerprint density at radius 1 is 1.00 bits per heavy atom. The van der Waals surface area contributed by atoms with E-state index in [-0.39, 0.29) is 0 Å². The third kappa shape index (κ3) is 4.51.